The van der Waals surface area contributed by atoms with Crippen LogP contribution in [0.1, 0.15) is 0 Å². The van der Waals surface area contributed by atoms with E-state index in [-0.39, 0.29) is 11.4 Å². The predicted octanol–water partition coefficient (Wildman–Crippen LogP) is 2.92. The first-order valence-electron chi connectivity index (χ1n) is 4.99. The molecule has 5 nitrogen and oxygen atoms in total. The van der Waals surface area contributed by atoms with Gasteiger partial charge in [0, 0.05) is 17.8 Å². The number of nitrogens with zero attached hydrogens (tertiary/aromatic N) is 1. The molecule has 0 amide bonds. The van der Waals surface area contributed by atoms with Gasteiger partial charge in [0.2, 0.25) is 0 Å². The summed E-state index contributed by atoms with van der Waals surface area (Å²) in [6, 6.07) is 3.22. The van der Waals surface area contributed by atoms with Crippen molar-refractivity contribution in [3.05, 3.63) is 28.3 Å². The van der Waals surface area contributed by atoms with Gasteiger partial charge in [0.25, 0.3) is 5.69 Å². The molecule has 0 aliphatic carbocycles. The van der Waals surface area contributed by atoms with Crippen LogP contribution in [0.25, 0.3) is 0 Å². The second-order valence-electron chi connectivity index (χ2n) is 3.59. The lowest BCUT2D eigenvalue weighted by atomic mass is 10.2. The van der Waals surface area contributed by atoms with Crippen molar-refractivity contribution in [3.63, 3.8) is 0 Å². The van der Waals surface area contributed by atoms with Crippen LogP contribution in [0.3, 0.4) is 0 Å². The van der Waals surface area contributed by atoms with Crippen molar-refractivity contribution < 1.29 is 27.2 Å². The Balaban J connectivity index is 2.89. The highest BCUT2D eigenvalue weighted by atomic mass is 19.3. The lowest BCUT2D eigenvalue weighted by Crippen LogP contribution is -2.34. The van der Waals surface area contributed by atoms with Crippen LogP contribution in [0.4, 0.5) is 28.9 Å². The molecule has 0 heterocycles. The Labute approximate surface area is 105 Å². The SMILES string of the molecule is COc1cc(NCC(F)(F)C(F)F)cc([N+](=O)[O-])c1. The van der Waals surface area contributed by atoms with Crippen LogP contribution < -0.4 is 10.1 Å². The molecule has 0 atom stereocenters. The number of non-ortho nitro benzene ring substituents is 1. The van der Waals surface area contributed by atoms with Gasteiger partial charge in [-0.25, -0.2) is 8.78 Å². The molecule has 9 heteroatoms. The van der Waals surface area contributed by atoms with E-state index in [4.69, 9.17) is 4.74 Å². The van der Waals surface area contributed by atoms with E-state index in [0.717, 1.165) is 12.1 Å². The minimum atomic E-state index is -4.22. The molecule has 0 fully saturated rings. The van der Waals surface area contributed by atoms with Gasteiger partial charge in [0.1, 0.15) is 5.75 Å². The van der Waals surface area contributed by atoms with E-state index >= 15 is 0 Å². The van der Waals surface area contributed by atoms with Crippen molar-refractivity contribution in [1.29, 1.82) is 0 Å². The maximum atomic E-state index is 12.7. The molecule has 0 aromatic heterocycles. The number of benzene rings is 1. The predicted molar refractivity (Wildman–Crippen MR) is 59.1 cm³/mol. The zero-order chi connectivity index (χ0) is 14.6. The summed E-state index contributed by atoms with van der Waals surface area (Å²) >= 11 is 0. The summed E-state index contributed by atoms with van der Waals surface area (Å²) in [5.41, 5.74) is -0.506. The molecule has 0 saturated carbocycles. The van der Waals surface area contributed by atoms with Gasteiger partial charge in [-0.2, -0.15) is 8.78 Å². The number of nitro benzene ring substituents is 1. The highest BCUT2D eigenvalue weighted by Crippen LogP contribution is 2.28. The zero-order valence-electron chi connectivity index (χ0n) is 9.70. The van der Waals surface area contributed by atoms with Gasteiger partial charge in [-0.1, -0.05) is 0 Å². The van der Waals surface area contributed by atoms with E-state index in [1.807, 2.05) is 5.32 Å². The maximum Gasteiger partial charge on any atom is 0.324 e. The molecule has 19 heavy (non-hydrogen) atoms. The number of halogens is 4. The Hall–Kier alpha value is -2.06. The first-order chi connectivity index (χ1) is 8.76. The number of hydrogen-bond donors (Lipinski definition) is 1. The standard InChI is InChI=1S/C10H10F4N2O3/c1-19-8-3-6(2-7(4-8)16(17)18)15-5-10(13,14)9(11)12/h2-4,9,15H,5H2,1H3. The number of rotatable bonds is 6. The first-order valence-corrected chi connectivity index (χ1v) is 4.99. The number of nitro groups is 1. The van der Waals surface area contributed by atoms with Gasteiger partial charge >= 0.3 is 12.3 Å². The number of nitrogens with one attached hydrogen (secondary N) is 1. The molecule has 0 aliphatic heterocycles. The minimum Gasteiger partial charge on any atom is -0.496 e. The molecule has 1 aromatic rings. The van der Waals surface area contributed by atoms with Crippen LogP contribution in [0, 0.1) is 10.1 Å². The van der Waals surface area contributed by atoms with Crippen molar-refractivity contribution in [3.8, 4) is 5.75 Å². The number of methoxy groups -OCH3 is 1. The molecule has 1 N–H and O–H groups in total. The molecule has 0 spiro atoms. The van der Waals surface area contributed by atoms with Gasteiger partial charge in [-0.05, 0) is 0 Å². The normalized spacial score (nSPS) is 11.5. The van der Waals surface area contributed by atoms with Crippen molar-refractivity contribution in [2.45, 2.75) is 12.3 Å². The molecule has 1 aromatic carbocycles. The molecule has 1 rings (SSSR count). The van der Waals surface area contributed by atoms with Gasteiger partial charge in [0.15, 0.2) is 0 Å². The zero-order valence-corrected chi connectivity index (χ0v) is 9.70. The minimum absolute atomic E-state index is 0.0528. The van der Waals surface area contributed by atoms with Crippen molar-refractivity contribution in [2.24, 2.45) is 0 Å². The molecule has 106 valence electrons. The Kier molecular flexibility index (Phi) is 4.52. The van der Waals surface area contributed by atoms with E-state index in [1.165, 1.54) is 13.2 Å². The summed E-state index contributed by atoms with van der Waals surface area (Å²) in [7, 11) is 1.23. The van der Waals surface area contributed by atoms with Crippen LogP contribution in [0.15, 0.2) is 18.2 Å². The molecule has 0 bridgehead atoms. The van der Waals surface area contributed by atoms with Gasteiger partial charge in [-0.15, -0.1) is 0 Å². The quantitative estimate of drug-likeness (QED) is 0.495. The van der Waals surface area contributed by atoms with Crippen molar-refractivity contribution >= 4 is 11.4 Å². The van der Waals surface area contributed by atoms with Crippen LogP contribution in [0.5, 0.6) is 5.75 Å². The molecule has 0 saturated heterocycles. The fourth-order valence-corrected chi connectivity index (χ4v) is 1.21. The average Bonchev–Trinajstić information content (AvgIpc) is 2.35. The number of anilines is 1. The van der Waals surface area contributed by atoms with E-state index < -0.39 is 29.5 Å². The topological polar surface area (TPSA) is 64.4 Å². The number of hydrogen-bond acceptors (Lipinski definition) is 4. The maximum absolute atomic E-state index is 12.7. The highest BCUT2D eigenvalue weighted by molar-refractivity contribution is 5.56. The first kappa shape index (κ1) is 15.0. The second-order valence-corrected chi connectivity index (χ2v) is 3.59. The smallest absolute Gasteiger partial charge is 0.324 e. The van der Waals surface area contributed by atoms with Gasteiger partial charge in [-0.3, -0.25) is 10.1 Å². The Bertz CT molecular complexity index is 468. The monoisotopic (exact) mass is 282 g/mol. The van der Waals surface area contributed by atoms with Crippen LogP contribution in [-0.2, 0) is 0 Å². The third kappa shape index (κ3) is 3.97. The lowest BCUT2D eigenvalue weighted by Gasteiger charge is -2.16. The number of alkyl halides is 4. The summed E-state index contributed by atoms with van der Waals surface area (Å²) in [6.07, 6.45) is -3.82. The third-order valence-electron chi connectivity index (χ3n) is 2.19. The summed E-state index contributed by atoms with van der Waals surface area (Å²) < 4.78 is 54.0. The van der Waals surface area contributed by atoms with Gasteiger partial charge < -0.3 is 10.1 Å². The largest absolute Gasteiger partial charge is 0.496 e. The van der Waals surface area contributed by atoms with Gasteiger partial charge in [0.05, 0.1) is 24.6 Å². The second kappa shape index (κ2) is 5.72. The van der Waals surface area contributed by atoms with E-state index in [0.29, 0.717) is 0 Å². The molecule has 0 aliphatic rings. The molecule has 0 radical (unpaired) electrons. The Morgan fingerprint density at radius 1 is 1.42 bits per heavy atom. The summed E-state index contributed by atoms with van der Waals surface area (Å²) in [4.78, 5) is 9.83. The van der Waals surface area contributed by atoms with Crippen LogP contribution in [-0.4, -0.2) is 30.9 Å². The van der Waals surface area contributed by atoms with Crippen LogP contribution in [0.2, 0.25) is 0 Å². The molecular weight excluding hydrogens is 272 g/mol. The third-order valence-corrected chi connectivity index (χ3v) is 2.19. The van der Waals surface area contributed by atoms with E-state index in [2.05, 4.69) is 0 Å². The molecule has 0 unspecified atom stereocenters. The Morgan fingerprint density at radius 2 is 2.05 bits per heavy atom. The van der Waals surface area contributed by atoms with Crippen LogP contribution >= 0.6 is 0 Å². The average molecular weight is 282 g/mol. The fourth-order valence-electron chi connectivity index (χ4n) is 1.21. The summed E-state index contributed by atoms with van der Waals surface area (Å²) in [6.45, 7) is -1.34. The summed E-state index contributed by atoms with van der Waals surface area (Å²) in [5.74, 6) is -4.17. The van der Waals surface area contributed by atoms with E-state index in [1.54, 1.807) is 0 Å². The van der Waals surface area contributed by atoms with Crippen molar-refractivity contribution in [2.75, 3.05) is 19.0 Å². The summed E-state index contributed by atoms with van der Waals surface area (Å²) in [5, 5.41) is 12.6. The Morgan fingerprint density at radius 3 is 2.53 bits per heavy atom. The van der Waals surface area contributed by atoms with E-state index in [9.17, 15) is 27.7 Å². The fraction of sp³-hybridized carbons (Fsp3) is 0.400. The highest BCUT2D eigenvalue weighted by Gasteiger charge is 2.40. The lowest BCUT2D eigenvalue weighted by molar-refractivity contribution is -0.384. The van der Waals surface area contributed by atoms with Crippen molar-refractivity contribution in [1.82, 2.24) is 0 Å². The molecular formula is C10H10F4N2O3. The number of ether oxygens (including phenoxy) is 1.